The molecule has 5 rings (SSSR count). The first-order chi connectivity index (χ1) is 17.4. The van der Waals surface area contributed by atoms with Crippen molar-refractivity contribution in [2.45, 2.75) is 0 Å². The fourth-order valence-electron chi connectivity index (χ4n) is 4.12. The molecule has 1 aliphatic rings. The molecule has 0 aliphatic heterocycles. The van der Waals surface area contributed by atoms with Gasteiger partial charge in [0, 0.05) is 17.2 Å². The van der Waals surface area contributed by atoms with Crippen LogP contribution in [0.2, 0.25) is 0 Å². The van der Waals surface area contributed by atoms with Crippen LogP contribution in [-0.4, -0.2) is 33.7 Å². The van der Waals surface area contributed by atoms with Crippen LogP contribution in [0.25, 0.3) is 0 Å². The molecule has 4 aromatic rings. The number of ketones is 2. The van der Waals surface area contributed by atoms with Crippen molar-refractivity contribution in [2.75, 3.05) is 5.32 Å². The van der Waals surface area contributed by atoms with Gasteiger partial charge in [-0.2, -0.15) is 0 Å². The molecule has 0 fully saturated rings. The minimum absolute atomic E-state index is 0.0980. The maximum atomic E-state index is 13.6. The molecule has 0 spiro atoms. The number of phenols is 1. The van der Waals surface area contributed by atoms with E-state index in [1.807, 2.05) is 0 Å². The lowest BCUT2D eigenvalue weighted by molar-refractivity contribution is 0.0692. The number of phenolic OH excluding ortho intramolecular Hbond substituents is 1. The molecule has 1 aliphatic carbocycles. The SMILES string of the molecule is O=C(O)c1ccccc1C(=O)Nc1c(Oc2ccccc2)cc(O)c2c1C(=O)c1ccccc1C2=O. The number of ether oxygens (including phenoxy) is 1. The van der Waals surface area contributed by atoms with Crippen LogP contribution in [0.3, 0.4) is 0 Å². The van der Waals surface area contributed by atoms with E-state index in [9.17, 15) is 29.4 Å². The number of hydrogen-bond acceptors (Lipinski definition) is 6. The second kappa shape index (κ2) is 8.84. The summed E-state index contributed by atoms with van der Waals surface area (Å²) in [5.41, 5.74) is -0.868. The number of nitrogens with one attached hydrogen (secondary N) is 1. The predicted octanol–water partition coefficient (Wildman–Crippen LogP) is 4.91. The highest BCUT2D eigenvalue weighted by molar-refractivity contribution is 6.32. The largest absolute Gasteiger partial charge is 0.507 e. The molecule has 0 bridgehead atoms. The monoisotopic (exact) mass is 479 g/mol. The lowest BCUT2D eigenvalue weighted by atomic mass is 9.82. The molecule has 0 heterocycles. The number of carboxylic acid groups (broad SMARTS) is 1. The molecule has 0 saturated heterocycles. The molecule has 0 radical (unpaired) electrons. The number of aromatic hydroxyl groups is 1. The Bertz CT molecular complexity index is 1570. The quantitative estimate of drug-likeness (QED) is 0.305. The zero-order chi connectivity index (χ0) is 25.4. The van der Waals surface area contributed by atoms with Gasteiger partial charge < -0.3 is 20.3 Å². The fraction of sp³-hybridized carbons (Fsp3) is 0. The third-order valence-corrected chi connectivity index (χ3v) is 5.75. The summed E-state index contributed by atoms with van der Waals surface area (Å²) in [5.74, 6) is -3.59. The summed E-state index contributed by atoms with van der Waals surface area (Å²) in [6.07, 6.45) is 0. The Hall–Kier alpha value is -5.24. The number of carbonyl (C=O) groups is 4. The van der Waals surface area contributed by atoms with Crippen LogP contribution >= 0.6 is 0 Å². The maximum absolute atomic E-state index is 13.6. The fourth-order valence-corrected chi connectivity index (χ4v) is 4.12. The number of rotatable bonds is 5. The van der Waals surface area contributed by atoms with Gasteiger partial charge in [0.15, 0.2) is 17.3 Å². The van der Waals surface area contributed by atoms with E-state index in [1.165, 1.54) is 36.4 Å². The highest BCUT2D eigenvalue weighted by Crippen LogP contribution is 2.44. The first-order valence-electron chi connectivity index (χ1n) is 10.8. The number of carboxylic acids is 1. The Morgan fingerprint density at radius 2 is 1.28 bits per heavy atom. The number of para-hydroxylation sites is 1. The second-order valence-electron chi connectivity index (χ2n) is 7.94. The van der Waals surface area contributed by atoms with Crippen molar-refractivity contribution >= 4 is 29.1 Å². The van der Waals surface area contributed by atoms with Crippen LogP contribution in [-0.2, 0) is 0 Å². The van der Waals surface area contributed by atoms with E-state index in [0.717, 1.165) is 6.07 Å². The number of amides is 1. The number of hydrogen-bond donors (Lipinski definition) is 3. The average molecular weight is 479 g/mol. The normalized spacial score (nSPS) is 11.9. The molecule has 4 aromatic carbocycles. The summed E-state index contributed by atoms with van der Waals surface area (Å²) >= 11 is 0. The van der Waals surface area contributed by atoms with Crippen molar-refractivity contribution in [2.24, 2.45) is 0 Å². The van der Waals surface area contributed by atoms with Crippen LogP contribution in [0.1, 0.15) is 52.6 Å². The van der Waals surface area contributed by atoms with Gasteiger partial charge >= 0.3 is 5.97 Å². The van der Waals surface area contributed by atoms with E-state index in [0.29, 0.717) is 5.75 Å². The number of anilines is 1. The summed E-state index contributed by atoms with van der Waals surface area (Å²) in [6, 6.07) is 21.3. The Labute approximate surface area is 204 Å². The third kappa shape index (κ3) is 3.76. The topological polar surface area (TPSA) is 130 Å². The summed E-state index contributed by atoms with van der Waals surface area (Å²) in [6.45, 7) is 0. The molecular formula is C28H17NO7. The van der Waals surface area contributed by atoms with Gasteiger partial charge in [-0.05, 0) is 24.3 Å². The minimum atomic E-state index is -1.31. The molecule has 36 heavy (non-hydrogen) atoms. The highest BCUT2D eigenvalue weighted by Gasteiger charge is 2.36. The lowest BCUT2D eigenvalue weighted by Crippen LogP contribution is -2.25. The van der Waals surface area contributed by atoms with Gasteiger partial charge in [-0.15, -0.1) is 0 Å². The van der Waals surface area contributed by atoms with Crippen LogP contribution in [0, 0.1) is 0 Å². The Balaban J connectivity index is 1.71. The molecule has 1 amide bonds. The average Bonchev–Trinajstić information content (AvgIpc) is 2.89. The van der Waals surface area contributed by atoms with Gasteiger partial charge in [-0.1, -0.05) is 54.6 Å². The van der Waals surface area contributed by atoms with Gasteiger partial charge in [-0.25, -0.2) is 4.79 Å². The predicted molar refractivity (Wildman–Crippen MR) is 129 cm³/mol. The van der Waals surface area contributed by atoms with Crippen molar-refractivity contribution in [3.63, 3.8) is 0 Å². The van der Waals surface area contributed by atoms with Gasteiger partial charge in [-0.3, -0.25) is 14.4 Å². The summed E-state index contributed by atoms with van der Waals surface area (Å²) in [7, 11) is 0. The van der Waals surface area contributed by atoms with Crippen molar-refractivity contribution in [1.82, 2.24) is 0 Å². The number of aromatic carboxylic acids is 1. The number of carbonyl (C=O) groups excluding carboxylic acids is 3. The second-order valence-corrected chi connectivity index (χ2v) is 7.94. The maximum Gasteiger partial charge on any atom is 0.336 e. The van der Waals surface area contributed by atoms with E-state index in [4.69, 9.17) is 4.74 Å². The van der Waals surface area contributed by atoms with Gasteiger partial charge in [0.1, 0.15) is 11.5 Å². The Kier molecular flexibility index (Phi) is 5.54. The van der Waals surface area contributed by atoms with E-state index in [1.54, 1.807) is 42.5 Å². The molecule has 0 saturated carbocycles. The van der Waals surface area contributed by atoms with Crippen molar-refractivity contribution in [1.29, 1.82) is 0 Å². The lowest BCUT2D eigenvalue weighted by Gasteiger charge is -2.23. The van der Waals surface area contributed by atoms with Crippen LogP contribution in [0.15, 0.2) is 84.9 Å². The summed E-state index contributed by atoms with van der Waals surface area (Å²) in [5, 5.41) is 22.9. The minimum Gasteiger partial charge on any atom is -0.507 e. The summed E-state index contributed by atoms with van der Waals surface area (Å²) in [4.78, 5) is 51.7. The van der Waals surface area contributed by atoms with Crippen LogP contribution < -0.4 is 10.1 Å². The van der Waals surface area contributed by atoms with E-state index >= 15 is 0 Å². The van der Waals surface area contributed by atoms with Gasteiger partial charge in [0.25, 0.3) is 5.91 Å². The Morgan fingerprint density at radius 3 is 1.92 bits per heavy atom. The number of benzene rings is 4. The summed E-state index contributed by atoms with van der Waals surface area (Å²) < 4.78 is 5.89. The van der Waals surface area contributed by atoms with E-state index < -0.39 is 29.2 Å². The van der Waals surface area contributed by atoms with Crippen LogP contribution in [0.5, 0.6) is 17.2 Å². The van der Waals surface area contributed by atoms with Crippen molar-refractivity contribution < 1.29 is 34.1 Å². The molecule has 176 valence electrons. The van der Waals surface area contributed by atoms with Gasteiger partial charge in [0.05, 0.1) is 27.9 Å². The van der Waals surface area contributed by atoms with Crippen LogP contribution in [0.4, 0.5) is 5.69 Å². The number of fused-ring (bicyclic) bond motifs is 2. The molecule has 3 N–H and O–H groups in total. The standard InChI is InChI=1S/C28H17NO7/c30-20-14-21(36-15-8-2-1-3-9-15)24(29-27(33)18-12-6-7-13-19(18)28(34)35)23-22(20)25(31)16-10-4-5-11-17(16)26(23)32/h1-14,30H,(H,29,33)(H,34,35). The smallest absolute Gasteiger partial charge is 0.336 e. The molecule has 8 nitrogen and oxygen atoms in total. The molecule has 0 unspecified atom stereocenters. The first-order valence-corrected chi connectivity index (χ1v) is 10.8. The molecule has 0 atom stereocenters. The molecule has 8 heteroatoms. The van der Waals surface area contributed by atoms with E-state index in [-0.39, 0.29) is 44.8 Å². The Morgan fingerprint density at radius 1 is 0.722 bits per heavy atom. The molecule has 0 aromatic heterocycles. The highest BCUT2D eigenvalue weighted by atomic mass is 16.5. The molecular weight excluding hydrogens is 462 g/mol. The third-order valence-electron chi connectivity index (χ3n) is 5.75. The van der Waals surface area contributed by atoms with E-state index in [2.05, 4.69) is 5.32 Å². The van der Waals surface area contributed by atoms with Crippen molar-refractivity contribution in [3.8, 4) is 17.2 Å². The van der Waals surface area contributed by atoms with Crippen molar-refractivity contribution in [3.05, 3.63) is 118 Å². The van der Waals surface area contributed by atoms with Gasteiger partial charge in [0.2, 0.25) is 0 Å². The first kappa shape index (κ1) is 22.5. The zero-order valence-electron chi connectivity index (χ0n) is 18.5. The zero-order valence-corrected chi connectivity index (χ0v) is 18.5.